The molecule has 3 rings (SSSR count). The van der Waals surface area contributed by atoms with Crippen LogP contribution in [0.15, 0.2) is 0 Å². The van der Waals surface area contributed by atoms with Gasteiger partial charge < -0.3 is 10.2 Å². The van der Waals surface area contributed by atoms with Crippen LogP contribution in [0.2, 0.25) is 0 Å². The summed E-state index contributed by atoms with van der Waals surface area (Å²) < 4.78 is 0. The zero-order chi connectivity index (χ0) is 13.8. The third-order valence-corrected chi connectivity index (χ3v) is 6.37. The lowest BCUT2D eigenvalue weighted by atomic mass is 9.78. The standard InChI is InChI=1S/C18H34N2/c1-15(17-7-4-11-19-14-17)10-13-20-12-5-8-16-6-2-3-9-18(16)20/h15-19H,2-14H2,1H3. The van der Waals surface area contributed by atoms with Crippen molar-refractivity contribution in [3.05, 3.63) is 0 Å². The summed E-state index contributed by atoms with van der Waals surface area (Å²) in [7, 11) is 0. The van der Waals surface area contributed by atoms with Crippen LogP contribution < -0.4 is 5.32 Å². The predicted molar refractivity (Wildman–Crippen MR) is 85.9 cm³/mol. The normalized spacial score (nSPS) is 37.4. The summed E-state index contributed by atoms with van der Waals surface area (Å²) in [6, 6.07) is 0.953. The summed E-state index contributed by atoms with van der Waals surface area (Å²) in [5, 5.41) is 3.59. The third kappa shape index (κ3) is 3.57. The molecule has 1 saturated carbocycles. The minimum Gasteiger partial charge on any atom is -0.316 e. The van der Waals surface area contributed by atoms with E-state index < -0.39 is 0 Å². The molecule has 116 valence electrons. The highest BCUT2D eigenvalue weighted by Gasteiger charge is 2.33. The van der Waals surface area contributed by atoms with Gasteiger partial charge in [-0.15, -0.1) is 0 Å². The van der Waals surface area contributed by atoms with E-state index in [1.54, 1.807) is 0 Å². The van der Waals surface area contributed by atoms with E-state index in [9.17, 15) is 0 Å². The molecule has 2 saturated heterocycles. The first-order valence-corrected chi connectivity index (χ1v) is 9.29. The molecule has 1 N–H and O–H groups in total. The summed E-state index contributed by atoms with van der Waals surface area (Å²) in [6.45, 7) is 7.78. The molecule has 0 radical (unpaired) electrons. The number of likely N-dealkylation sites (tertiary alicyclic amines) is 1. The molecule has 3 fully saturated rings. The fourth-order valence-corrected chi connectivity index (χ4v) is 4.98. The molecule has 2 heterocycles. The van der Waals surface area contributed by atoms with Gasteiger partial charge in [0.05, 0.1) is 0 Å². The minimum atomic E-state index is 0.909. The van der Waals surface area contributed by atoms with Crippen LogP contribution in [0.5, 0.6) is 0 Å². The van der Waals surface area contributed by atoms with Gasteiger partial charge in [-0.25, -0.2) is 0 Å². The van der Waals surface area contributed by atoms with Crippen LogP contribution in [-0.4, -0.2) is 37.1 Å². The van der Waals surface area contributed by atoms with Gasteiger partial charge in [0.25, 0.3) is 0 Å². The molecule has 0 spiro atoms. The van der Waals surface area contributed by atoms with Gasteiger partial charge in [0, 0.05) is 6.04 Å². The largest absolute Gasteiger partial charge is 0.316 e. The van der Waals surface area contributed by atoms with Crippen LogP contribution in [0.25, 0.3) is 0 Å². The highest BCUT2D eigenvalue weighted by Crippen LogP contribution is 2.35. The number of rotatable bonds is 4. The summed E-state index contributed by atoms with van der Waals surface area (Å²) in [4.78, 5) is 2.88. The van der Waals surface area contributed by atoms with Crippen molar-refractivity contribution >= 4 is 0 Å². The number of hydrogen-bond acceptors (Lipinski definition) is 2. The molecule has 20 heavy (non-hydrogen) atoms. The second kappa shape index (κ2) is 7.26. The van der Waals surface area contributed by atoms with E-state index in [0.717, 1.165) is 23.8 Å². The van der Waals surface area contributed by atoms with E-state index >= 15 is 0 Å². The van der Waals surface area contributed by atoms with E-state index in [0.29, 0.717) is 0 Å². The molecule has 1 aliphatic carbocycles. The molecular formula is C18H34N2. The lowest BCUT2D eigenvalue weighted by Gasteiger charge is -2.44. The molecule has 0 bridgehead atoms. The first-order chi connectivity index (χ1) is 9.84. The van der Waals surface area contributed by atoms with Gasteiger partial charge in [0.15, 0.2) is 0 Å². The maximum atomic E-state index is 3.59. The van der Waals surface area contributed by atoms with E-state index in [4.69, 9.17) is 0 Å². The number of nitrogens with zero attached hydrogens (tertiary/aromatic N) is 1. The van der Waals surface area contributed by atoms with Gasteiger partial charge in [-0.2, -0.15) is 0 Å². The smallest absolute Gasteiger partial charge is 0.0123 e. The van der Waals surface area contributed by atoms with Gasteiger partial charge >= 0.3 is 0 Å². The second-order valence-corrected chi connectivity index (χ2v) is 7.66. The average molecular weight is 278 g/mol. The van der Waals surface area contributed by atoms with Gasteiger partial charge in [0.1, 0.15) is 0 Å². The quantitative estimate of drug-likeness (QED) is 0.844. The van der Waals surface area contributed by atoms with Crippen molar-refractivity contribution in [2.75, 3.05) is 26.2 Å². The monoisotopic (exact) mass is 278 g/mol. The summed E-state index contributed by atoms with van der Waals surface area (Å²) in [5.74, 6) is 2.90. The molecule has 3 aliphatic rings. The average Bonchev–Trinajstić information content (AvgIpc) is 2.53. The predicted octanol–water partition coefficient (Wildman–Crippen LogP) is 3.67. The Morgan fingerprint density at radius 3 is 2.75 bits per heavy atom. The van der Waals surface area contributed by atoms with Crippen molar-refractivity contribution in [3.8, 4) is 0 Å². The van der Waals surface area contributed by atoms with Gasteiger partial charge in [-0.1, -0.05) is 19.8 Å². The van der Waals surface area contributed by atoms with Gasteiger partial charge in [-0.05, 0) is 88.9 Å². The third-order valence-electron chi connectivity index (χ3n) is 6.37. The molecular weight excluding hydrogens is 244 g/mol. The molecule has 2 aliphatic heterocycles. The molecule has 0 aromatic carbocycles. The Hall–Kier alpha value is -0.0800. The second-order valence-electron chi connectivity index (χ2n) is 7.66. The van der Waals surface area contributed by atoms with Crippen LogP contribution >= 0.6 is 0 Å². The Bertz CT molecular complexity index is 283. The maximum absolute atomic E-state index is 3.59. The summed E-state index contributed by atoms with van der Waals surface area (Å²) in [6.07, 6.45) is 13.2. The van der Waals surface area contributed by atoms with Gasteiger partial charge in [0.2, 0.25) is 0 Å². The summed E-state index contributed by atoms with van der Waals surface area (Å²) in [5.41, 5.74) is 0. The van der Waals surface area contributed by atoms with Crippen molar-refractivity contribution < 1.29 is 0 Å². The Morgan fingerprint density at radius 1 is 1.05 bits per heavy atom. The number of fused-ring (bicyclic) bond motifs is 1. The van der Waals surface area contributed by atoms with Crippen LogP contribution in [-0.2, 0) is 0 Å². The molecule has 4 atom stereocenters. The Labute approximate surface area is 125 Å². The lowest BCUT2D eigenvalue weighted by Crippen LogP contribution is -2.47. The van der Waals surface area contributed by atoms with Crippen LogP contribution in [0.4, 0.5) is 0 Å². The Balaban J connectivity index is 1.46. The zero-order valence-corrected chi connectivity index (χ0v) is 13.4. The van der Waals surface area contributed by atoms with Crippen LogP contribution in [0.3, 0.4) is 0 Å². The van der Waals surface area contributed by atoms with E-state index in [1.165, 1.54) is 84.0 Å². The van der Waals surface area contributed by atoms with Crippen molar-refractivity contribution in [3.63, 3.8) is 0 Å². The summed E-state index contributed by atoms with van der Waals surface area (Å²) >= 11 is 0. The molecule has 0 amide bonds. The van der Waals surface area contributed by atoms with E-state index in [1.807, 2.05) is 0 Å². The van der Waals surface area contributed by atoms with Crippen molar-refractivity contribution in [2.45, 2.75) is 70.8 Å². The van der Waals surface area contributed by atoms with E-state index in [2.05, 4.69) is 17.1 Å². The lowest BCUT2D eigenvalue weighted by molar-refractivity contribution is 0.0537. The Morgan fingerprint density at radius 2 is 1.90 bits per heavy atom. The highest BCUT2D eigenvalue weighted by atomic mass is 15.2. The fourth-order valence-electron chi connectivity index (χ4n) is 4.98. The SMILES string of the molecule is CC(CCN1CCCC2CCCCC21)C1CCCNC1. The van der Waals surface area contributed by atoms with Crippen LogP contribution in [0.1, 0.15) is 64.7 Å². The Kier molecular flexibility index (Phi) is 5.39. The van der Waals surface area contributed by atoms with Crippen LogP contribution in [0, 0.1) is 17.8 Å². The molecule has 0 aromatic heterocycles. The van der Waals surface area contributed by atoms with Gasteiger partial charge in [-0.3, -0.25) is 0 Å². The molecule has 2 nitrogen and oxygen atoms in total. The van der Waals surface area contributed by atoms with Crippen molar-refractivity contribution in [1.29, 1.82) is 0 Å². The first kappa shape index (κ1) is 14.8. The molecule has 4 unspecified atom stereocenters. The van der Waals surface area contributed by atoms with Crippen molar-refractivity contribution in [2.24, 2.45) is 17.8 Å². The topological polar surface area (TPSA) is 15.3 Å². The number of nitrogens with one attached hydrogen (secondary N) is 1. The van der Waals surface area contributed by atoms with E-state index in [-0.39, 0.29) is 0 Å². The zero-order valence-electron chi connectivity index (χ0n) is 13.4. The minimum absolute atomic E-state index is 0.909. The highest BCUT2D eigenvalue weighted by molar-refractivity contribution is 4.87. The number of piperidine rings is 2. The number of hydrogen-bond donors (Lipinski definition) is 1. The maximum Gasteiger partial charge on any atom is 0.0123 e. The molecule has 2 heteroatoms. The van der Waals surface area contributed by atoms with Crippen molar-refractivity contribution in [1.82, 2.24) is 10.2 Å². The molecule has 0 aromatic rings. The fraction of sp³-hybridized carbons (Fsp3) is 1.00. The first-order valence-electron chi connectivity index (χ1n) is 9.29.